The van der Waals surface area contributed by atoms with Crippen molar-refractivity contribution in [1.82, 2.24) is 4.98 Å². The molecule has 1 aromatic heterocycles. The monoisotopic (exact) mass is 234 g/mol. The number of hydrogen-bond acceptors (Lipinski definition) is 4. The van der Waals surface area contributed by atoms with Crippen LogP contribution in [0.3, 0.4) is 0 Å². The van der Waals surface area contributed by atoms with Crippen molar-refractivity contribution in [2.45, 2.75) is 4.90 Å². The van der Waals surface area contributed by atoms with E-state index in [1.54, 1.807) is 0 Å². The van der Waals surface area contributed by atoms with Crippen molar-refractivity contribution >= 4 is 34.4 Å². The third-order valence-electron chi connectivity index (χ3n) is 0.987. The van der Waals surface area contributed by atoms with Crippen molar-refractivity contribution in [3.63, 3.8) is 0 Å². The van der Waals surface area contributed by atoms with Gasteiger partial charge in [0.1, 0.15) is 4.90 Å². The largest absolute Gasteiger partial charge is 0.376 e. The van der Waals surface area contributed by atoms with Gasteiger partial charge in [-0.05, 0) is 31.9 Å². The summed E-state index contributed by atoms with van der Waals surface area (Å²) in [7, 11) is 0. The summed E-state index contributed by atoms with van der Waals surface area (Å²) in [6.07, 6.45) is 1.36. The van der Waals surface area contributed by atoms with E-state index in [1.165, 1.54) is 12.3 Å². The van der Waals surface area contributed by atoms with Gasteiger partial charge in [-0.25, -0.2) is 0 Å². The molecule has 58 valence electrons. The number of thiol groups is 1. The van der Waals surface area contributed by atoms with Crippen LogP contribution >= 0.6 is 28.6 Å². The first-order valence-electron chi connectivity index (χ1n) is 2.60. The Morgan fingerprint density at radius 3 is 2.82 bits per heavy atom. The Labute approximate surface area is 76.3 Å². The average Bonchev–Trinajstić information content (AvgIpc) is 1.85. The van der Waals surface area contributed by atoms with Crippen LogP contribution in [0.4, 0.5) is 5.82 Å². The van der Waals surface area contributed by atoms with Crippen molar-refractivity contribution in [2.75, 3.05) is 0 Å². The molecule has 0 spiro atoms. The lowest BCUT2D eigenvalue weighted by atomic mass is 10.5. The van der Waals surface area contributed by atoms with E-state index in [0.717, 1.165) is 0 Å². The smallest absolute Gasteiger partial charge is 0.358 e. The van der Waals surface area contributed by atoms with Gasteiger partial charge in [-0.2, -0.15) is 0 Å². The fraction of sp³-hybridized carbons (Fsp3) is 0. The molecule has 0 N–H and O–H groups in total. The minimum Gasteiger partial charge on any atom is -0.358 e. The van der Waals surface area contributed by atoms with Crippen LogP contribution in [0.1, 0.15) is 0 Å². The predicted molar refractivity (Wildman–Crippen MR) is 45.8 cm³/mol. The zero-order valence-electron chi connectivity index (χ0n) is 5.19. The third-order valence-corrected chi connectivity index (χ3v) is 1.75. The minimum absolute atomic E-state index is 0.225. The average molecular weight is 235 g/mol. The van der Waals surface area contributed by atoms with Gasteiger partial charge in [-0.15, -0.1) is 12.6 Å². The molecule has 4 nitrogen and oxygen atoms in total. The van der Waals surface area contributed by atoms with E-state index in [4.69, 9.17) is 0 Å². The molecule has 1 aromatic rings. The van der Waals surface area contributed by atoms with Crippen molar-refractivity contribution in [1.29, 1.82) is 0 Å². The lowest BCUT2D eigenvalue weighted by molar-refractivity contribution is -0.392. The number of hydrogen-bond donors (Lipinski definition) is 1. The summed E-state index contributed by atoms with van der Waals surface area (Å²) in [5.41, 5.74) is 0. The predicted octanol–water partition coefficient (Wildman–Crippen LogP) is 2.04. The van der Waals surface area contributed by atoms with E-state index < -0.39 is 4.92 Å². The molecule has 0 aliphatic heterocycles. The van der Waals surface area contributed by atoms with Crippen LogP contribution in [-0.2, 0) is 0 Å². The van der Waals surface area contributed by atoms with Gasteiger partial charge in [0.2, 0.25) is 0 Å². The second-order valence-corrected chi connectivity index (χ2v) is 3.15. The fourth-order valence-corrected chi connectivity index (χ4v) is 1.35. The summed E-state index contributed by atoms with van der Waals surface area (Å²) in [6, 6.07) is 1.52. The van der Waals surface area contributed by atoms with Gasteiger partial charge in [0.25, 0.3) is 0 Å². The van der Waals surface area contributed by atoms with Gasteiger partial charge in [0, 0.05) is 0 Å². The molecule has 6 heteroatoms. The topological polar surface area (TPSA) is 56.0 Å². The molecule has 0 atom stereocenters. The molecular weight excluding hydrogens is 232 g/mol. The molecule has 0 unspecified atom stereocenters. The van der Waals surface area contributed by atoms with Crippen molar-refractivity contribution in [3.8, 4) is 0 Å². The number of nitro groups is 1. The Kier molecular flexibility index (Phi) is 2.45. The Bertz CT molecular complexity index is 305. The zero-order chi connectivity index (χ0) is 8.43. The van der Waals surface area contributed by atoms with Crippen LogP contribution in [0, 0.1) is 10.1 Å². The quantitative estimate of drug-likeness (QED) is 0.460. The second kappa shape index (κ2) is 3.19. The number of nitrogens with zero attached hydrogens (tertiary/aromatic N) is 2. The highest BCUT2D eigenvalue weighted by atomic mass is 79.9. The Balaban J connectivity index is 3.20. The SMILES string of the molecule is O=[N+]([O-])c1ncc(Br)cc1S. The number of pyridine rings is 1. The number of aromatic nitrogens is 1. The molecule has 0 aliphatic carbocycles. The first kappa shape index (κ1) is 8.48. The van der Waals surface area contributed by atoms with Crippen LogP contribution < -0.4 is 0 Å². The first-order chi connectivity index (χ1) is 5.11. The van der Waals surface area contributed by atoms with Crippen LogP contribution in [0.5, 0.6) is 0 Å². The second-order valence-electron chi connectivity index (χ2n) is 1.75. The summed E-state index contributed by atoms with van der Waals surface area (Å²) in [6.45, 7) is 0. The van der Waals surface area contributed by atoms with E-state index >= 15 is 0 Å². The molecule has 0 aromatic carbocycles. The van der Waals surface area contributed by atoms with Crippen molar-refractivity contribution < 1.29 is 4.92 Å². The molecule has 0 amide bonds. The van der Waals surface area contributed by atoms with E-state index in [2.05, 4.69) is 33.5 Å². The maximum absolute atomic E-state index is 10.2. The standard InChI is InChI=1S/C5H3BrN2O2S/c6-3-1-4(11)5(7-2-3)8(9)10/h1-2,11H. The Hall–Kier alpha value is -0.620. The van der Waals surface area contributed by atoms with E-state index in [0.29, 0.717) is 4.47 Å². The highest BCUT2D eigenvalue weighted by Gasteiger charge is 2.11. The van der Waals surface area contributed by atoms with E-state index in [9.17, 15) is 10.1 Å². The summed E-state index contributed by atoms with van der Waals surface area (Å²) in [5, 5.41) is 10.2. The lowest BCUT2D eigenvalue weighted by Gasteiger charge is -1.94. The summed E-state index contributed by atoms with van der Waals surface area (Å²) < 4.78 is 0.674. The number of halogens is 1. The molecule has 11 heavy (non-hydrogen) atoms. The Morgan fingerprint density at radius 1 is 1.73 bits per heavy atom. The summed E-state index contributed by atoms with van der Waals surface area (Å²) >= 11 is 6.98. The normalized spacial score (nSPS) is 9.64. The minimum atomic E-state index is -0.575. The maximum atomic E-state index is 10.2. The van der Waals surface area contributed by atoms with Gasteiger partial charge >= 0.3 is 5.82 Å². The highest BCUT2D eigenvalue weighted by molar-refractivity contribution is 9.10. The molecule has 0 radical (unpaired) electrons. The maximum Gasteiger partial charge on any atom is 0.376 e. The summed E-state index contributed by atoms with van der Waals surface area (Å²) in [5.74, 6) is -0.225. The van der Waals surface area contributed by atoms with Gasteiger partial charge in [0.05, 0.1) is 4.47 Å². The molecule has 0 fully saturated rings. The summed E-state index contributed by atoms with van der Waals surface area (Å²) in [4.78, 5) is 13.4. The van der Waals surface area contributed by atoms with Crippen LogP contribution in [0.15, 0.2) is 21.6 Å². The molecule has 0 bridgehead atoms. The van der Waals surface area contributed by atoms with Crippen LogP contribution in [0.25, 0.3) is 0 Å². The third kappa shape index (κ3) is 1.90. The van der Waals surface area contributed by atoms with Crippen molar-refractivity contribution in [3.05, 3.63) is 26.9 Å². The molecule has 1 heterocycles. The zero-order valence-corrected chi connectivity index (χ0v) is 7.67. The molecule has 0 saturated heterocycles. The molecule has 0 aliphatic rings. The van der Waals surface area contributed by atoms with Gasteiger partial charge in [-0.3, -0.25) is 0 Å². The van der Waals surface area contributed by atoms with Gasteiger partial charge in [0.15, 0.2) is 6.20 Å². The number of rotatable bonds is 1. The van der Waals surface area contributed by atoms with Gasteiger partial charge in [-0.1, -0.05) is 0 Å². The first-order valence-corrected chi connectivity index (χ1v) is 3.84. The van der Waals surface area contributed by atoms with E-state index in [1.807, 2.05) is 0 Å². The molecule has 0 saturated carbocycles. The van der Waals surface area contributed by atoms with E-state index in [-0.39, 0.29) is 10.7 Å². The van der Waals surface area contributed by atoms with Crippen LogP contribution in [0.2, 0.25) is 0 Å². The van der Waals surface area contributed by atoms with Crippen molar-refractivity contribution in [2.24, 2.45) is 0 Å². The van der Waals surface area contributed by atoms with Crippen LogP contribution in [-0.4, -0.2) is 9.91 Å². The lowest BCUT2D eigenvalue weighted by Crippen LogP contribution is -1.92. The molecular formula is C5H3BrN2O2S. The molecule has 1 rings (SSSR count). The Morgan fingerprint density at radius 2 is 2.36 bits per heavy atom. The highest BCUT2D eigenvalue weighted by Crippen LogP contribution is 2.22. The fourth-order valence-electron chi connectivity index (χ4n) is 0.562. The van der Waals surface area contributed by atoms with Gasteiger partial charge < -0.3 is 10.1 Å².